The van der Waals surface area contributed by atoms with E-state index in [1.807, 2.05) is 0 Å². The van der Waals surface area contributed by atoms with Gasteiger partial charge in [0.25, 0.3) is 6.43 Å². The van der Waals surface area contributed by atoms with Crippen LogP contribution in [0.2, 0.25) is 0 Å². The van der Waals surface area contributed by atoms with Crippen molar-refractivity contribution in [3.8, 4) is 0 Å². The van der Waals surface area contributed by atoms with Crippen molar-refractivity contribution >= 4 is 21.9 Å². The summed E-state index contributed by atoms with van der Waals surface area (Å²) in [5, 5.41) is 0.274. The molecule has 0 atom stereocenters. The van der Waals surface area contributed by atoms with E-state index >= 15 is 0 Å². The summed E-state index contributed by atoms with van der Waals surface area (Å²) < 4.78 is 30.6. The highest BCUT2D eigenvalue weighted by atomic mass is 79.9. The standard InChI is InChI=1S/C11H12BrF2NO2/c1-2-17-9(16)3-7-5-15-6-8(4-12)10(7)11(13)14/h5-6,11H,2-4H2,1H3. The number of carbonyl (C=O) groups excluding carboxylic acids is 1. The third-order valence-electron chi connectivity index (χ3n) is 2.15. The first-order chi connectivity index (χ1) is 8.10. The number of hydrogen-bond donors (Lipinski definition) is 0. The Hall–Kier alpha value is -1.04. The molecule has 3 nitrogen and oxygen atoms in total. The van der Waals surface area contributed by atoms with Gasteiger partial charge in [-0.05, 0) is 18.1 Å². The first-order valence-electron chi connectivity index (χ1n) is 5.05. The third-order valence-corrected chi connectivity index (χ3v) is 2.76. The molecule has 0 radical (unpaired) electrons. The number of pyridine rings is 1. The average molecular weight is 308 g/mol. The zero-order valence-electron chi connectivity index (χ0n) is 9.25. The summed E-state index contributed by atoms with van der Waals surface area (Å²) in [5.74, 6) is -0.525. The summed E-state index contributed by atoms with van der Waals surface area (Å²) in [6.07, 6.45) is -0.161. The molecular weight excluding hydrogens is 296 g/mol. The van der Waals surface area contributed by atoms with Gasteiger partial charge in [-0.3, -0.25) is 9.78 Å². The van der Waals surface area contributed by atoms with Crippen LogP contribution in [0.25, 0.3) is 0 Å². The number of nitrogens with zero attached hydrogens (tertiary/aromatic N) is 1. The second kappa shape index (κ2) is 6.64. The van der Waals surface area contributed by atoms with E-state index in [0.717, 1.165) is 0 Å². The maximum Gasteiger partial charge on any atom is 0.310 e. The lowest BCUT2D eigenvalue weighted by Crippen LogP contribution is -2.11. The molecule has 1 heterocycles. The quantitative estimate of drug-likeness (QED) is 0.620. The van der Waals surface area contributed by atoms with E-state index in [2.05, 4.69) is 20.9 Å². The van der Waals surface area contributed by atoms with Crippen molar-refractivity contribution in [2.24, 2.45) is 0 Å². The molecular formula is C11H12BrF2NO2. The third kappa shape index (κ3) is 3.73. The Labute approximate surface area is 106 Å². The van der Waals surface area contributed by atoms with E-state index in [1.54, 1.807) is 6.92 Å². The Morgan fingerprint density at radius 1 is 1.47 bits per heavy atom. The molecule has 0 saturated carbocycles. The van der Waals surface area contributed by atoms with Crippen molar-refractivity contribution in [2.75, 3.05) is 6.61 Å². The molecule has 0 saturated heterocycles. The van der Waals surface area contributed by atoms with Crippen LogP contribution in [0.15, 0.2) is 12.4 Å². The molecule has 1 rings (SSSR count). The van der Waals surface area contributed by atoms with Gasteiger partial charge in [-0.2, -0.15) is 0 Å². The lowest BCUT2D eigenvalue weighted by Gasteiger charge is -2.11. The molecule has 1 aromatic heterocycles. The topological polar surface area (TPSA) is 39.2 Å². The zero-order valence-corrected chi connectivity index (χ0v) is 10.8. The predicted octanol–water partition coefficient (Wildman–Crippen LogP) is 3.02. The van der Waals surface area contributed by atoms with E-state index in [1.165, 1.54) is 12.4 Å². The first-order valence-corrected chi connectivity index (χ1v) is 6.17. The zero-order chi connectivity index (χ0) is 12.8. The molecule has 17 heavy (non-hydrogen) atoms. The second-order valence-electron chi connectivity index (χ2n) is 3.29. The molecule has 0 N–H and O–H groups in total. The van der Waals surface area contributed by atoms with Gasteiger partial charge in [-0.25, -0.2) is 8.78 Å². The molecule has 0 aliphatic heterocycles. The van der Waals surface area contributed by atoms with Gasteiger partial charge >= 0.3 is 5.97 Å². The number of alkyl halides is 3. The number of rotatable bonds is 5. The summed E-state index contributed by atoms with van der Waals surface area (Å²) in [7, 11) is 0. The summed E-state index contributed by atoms with van der Waals surface area (Å²) in [6.45, 7) is 1.90. The molecule has 0 spiro atoms. The maximum atomic E-state index is 12.9. The highest BCUT2D eigenvalue weighted by molar-refractivity contribution is 9.08. The number of esters is 1. The van der Waals surface area contributed by atoms with E-state index in [9.17, 15) is 13.6 Å². The minimum absolute atomic E-state index is 0.134. The van der Waals surface area contributed by atoms with Crippen LogP contribution in [0, 0.1) is 0 Å². The molecule has 1 aromatic rings. The SMILES string of the molecule is CCOC(=O)Cc1cncc(CBr)c1C(F)F. The Morgan fingerprint density at radius 3 is 2.65 bits per heavy atom. The highest BCUT2D eigenvalue weighted by Gasteiger charge is 2.19. The molecule has 0 bridgehead atoms. The molecule has 0 aliphatic carbocycles. The molecule has 0 amide bonds. The Morgan fingerprint density at radius 2 is 2.12 bits per heavy atom. The van der Waals surface area contributed by atoms with Crippen molar-refractivity contribution in [2.45, 2.75) is 25.1 Å². The summed E-state index contributed by atoms with van der Waals surface area (Å²) in [6, 6.07) is 0. The number of hydrogen-bond acceptors (Lipinski definition) is 3. The smallest absolute Gasteiger partial charge is 0.310 e. The van der Waals surface area contributed by atoms with Gasteiger partial charge in [-0.1, -0.05) is 15.9 Å². The van der Waals surface area contributed by atoms with Crippen molar-refractivity contribution in [1.29, 1.82) is 0 Å². The molecule has 0 unspecified atom stereocenters. The predicted molar refractivity (Wildman–Crippen MR) is 62.2 cm³/mol. The van der Waals surface area contributed by atoms with Crippen LogP contribution >= 0.6 is 15.9 Å². The van der Waals surface area contributed by atoms with Gasteiger partial charge in [0.15, 0.2) is 0 Å². The Bertz CT molecular complexity index is 399. The highest BCUT2D eigenvalue weighted by Crippen LogP contribution is 2.28. The molecule has 94 valence electrons. The van der Waals surface area contributed by atoms with E-state index < -0.39 is 12.4 Å². The number of aromatic nitrogens is 1. The van der Waals surface area contributed by atoms with E-state index in [-0.39, 0.29) is 29.5 Å². The fourth-order valence-corrected chi connectivity index (χ4v) is 1.90. The lowest BCUT2D eigenvalue weighted by atomic mass is 10.0. The van der Waals surface area contributed by atoms with Gasteiger partial charge in [0.2, 0.25) is 0 Å². The van der Waals surface area contributed by atoms with Crippen LogP contribution in [0.1, 0.15) is 30.0 Å². The van der Waals surface area contributed by atoms with Crippen molar-refractivity contribution in [3.63, 3.8) is 0 Å². The second-order valence-corrected chi connectivity index (χ2v) is 3.85. The van der Waals surface area contributed by atoms with Crippen LogP contribution in [0.3, 0.4) is 0 Å². The van der Waals surface area contributed by atoms with Crippen molar-refractivity contribution in [3.05, 3.63) is 29.1 Å². The van der Waals surface area contributed by atoms with Gasteiger partial charge in [0, 0.05) is 23.3 Å². The molecule has 0 aliphatic rings. The van der Waals surface area contributed by atoms with Crippen molar-refractivity contribution < 1.29 is 18.3 Å². The minimum Gasteiger partial charge on any atom is -0.466 e. The fraction of sp³-hybridized carbons (Fsp3) is 0.455. The van der Waals surface area contributed by atoms with E-state index in [4.69, 9.17) is 4.74 Å². The Balaban J connectivity index is 3.02. The van der Waals surface area contributed by atoms with Gasteiger partial charge in [0.1, 0.15) is 0 Å². The van der Waals surface area contributed by atoms with Crippen molar-refractivity contribution in [1.82, 2.24) is 4.98 Å². The largest absolute Gasteiger partial charge is 0.466 e. The number of carbonyl (C=O) groups is 1. The van der Waals surface area contributed by atoms with E-state index in [0.29, 0.717) is 5.56 Å². The molecule has 0 fully saturated rings. The summed E-state index contributed by atoms with van der Waals surface area (Å²) in [5.41, 5.74) is 0.474. The van der Waals surface area contributed by atoms with Crippen LogP contribution in [-0.2, 0) is 21.3 Å². The first kappa shape index (κ1) is 14.0. The minimum atomic E-state index is -2.63. The molecule has 6 heteroatoms. The number of halogens is 3. The summed E-state index contributed by atoms with van der Waals surface area (Å²) in [4.78, 5) is 15.1. The van der Waals surface area contributed by atoms with Crippen LogP contribution < -0.4 is 0 Å². The Kier molecular flexibility index (Phi) is 5.47. The lowest BCUT2D eigenvalue weighted by molar-refractivity contribution is -0.142. The number of ether oxygens (including phenoxy) is 1. The fourth-order valence-electron chi connectivity index (χ4n) is 1.46. The summed E-state index contributed by atoms with van der Waals surface area (Å²) >= 11 is 3.12. The van der Waals surface area contributed by atoms with Gasteiger partial charge in [0.05, 0.1) is 13.0 Å². The average Bonchev–Trinajstić information content (AvgIpc) is 2.28. The maximum absolute atomic E-state index is 12.9. The van der Waals surface area contributed by atoms with Gasteiger partial charge in [-0.15, -0.1) is 0 Å². The molecule has 0 aromatic carbocycles. The monoisotopic (exact) mass is 307 g/mol. The van der Waals surface area contributed by atoms with Crippen LogP contribution in [-0.4, -0.2) is 17.6 Å². The van der Waals surface area contributed by atoms with Crippen LogP contribution in [0.4, 0.5) is 8.78 Å². The normalized spacial score (nSPS) is 10.6. The van der Waals surface area contributed by atoms with Gasteiger partial charge < -0.3 is 4.74 Å². The van der Waals surface area contributed by atoms with Crippen LogP contribution in [0.5, 0.6) is 0 Å².